The molecule has 35 heavy (non-hydrogen) atoms. The van der Waals surface area contributed by atoms with Crippen molar-refractivity contribution in [3.05, 3.63) is 130 Å². The summed E-state index contributed by atoms with van der Waals surface area (Å²) in [6.07, 6.45) is 5.93. The molecular weight excluding hydrogens is 424 g/mol. The van der Waals surface area contributed by atoms with Crippen molar-refractivity contribution >= 4 is 17.1 Å². The summed E-state index contributed by atoms with van der Waals surface area (Å²) in [7, 11) is 0. The van der Waals surface area contributed by atoms with E-state index in [1.54, 1.807) is 0 Å². The van der Waals surface area contributed by atoms with Crippen LogP contribution in [0.3, 0.4) is 0 Å². The number of pyridine rings is 1. The second-order valence-corrected chi connectivity index (χ2v) is 10.3. The van der Waals surface area contributed by atoms with Crippen LogP contribution in [0.2, 0.25) is 0 Å². The first-order valence-corrected chi connectivity index (χ1v) is 12.6. The summed E-state index contributed by atoms with van der Waals surface area (Å²) in [4.78, 5) is 7.47. The molecule has 9 rings (SSSR count). The zero-order valence-corrected chi connectivity index (χ0v) is 19.3. The number of hydrogen-bond donors (Lipinski definition) is 0. The zero-order chi connectivity index (χ0) is 22.7. The average Bonchev–Trinajstić information content (AvgIpc) is 3.47. The highest BCUT2D eigenvalue weighted by atomic mass is 15.2. The van der Waals surface area contributed by atoms with Crippen LogP contribution in [0.4, 0.5) is 17.1 Å². The molecule has 0 bridgehead atoms. The van der Waals surface area contributed by atoms with Gasteiger partial charge in [0.2, 0.25) is 0 Å². The molecule has 1 aromatic heterocycles. The van der Waals surface area contributed by atoms with Crippen molar-refractivity contribution in [2.45, 2.75) is 25.7 Å². The van der Waals surface area contributed by atoms with Gasteiger partial charge in [-0.15, -0.1) is 0 Å². The summed E-state index contributed by atoms with van der Waals surface area (Å²) in [5.41, 5.74) is 21.0. The number of anilines is 3. The highest BCUT2D eigenvalue weighted by Gasteiger charge is 2.38. The minimum absolute atomic E-state index is 0.896. The molecule has 0 saturated carbocycles. The van der Waals surface area contributed by atoms with E-state index in [1.807, 2.05) is 6.20 Å². The van der Waals surface area contributed by atoms with Crippen LogP contribution in [0, 0.1) is 0 Å². The predicted molar refractivity (Wildman–Crippen MR) is 141 cm³/mol. The van der Waals surface area contributed by atoms with Crippen LogP contribution in [-0.2, 0) is 25.7 Å². The van der Waals surface area contributed by atoms with E-state index in [4.69, 9.17) is 4.98 Å². The lowest BCUT2D eigenvalue weighted by Crippen LogP contribution is -2.26. The number of benzene rings is 4. The topological polar surface area (TPSA) is 16.1 Å². The van der Waals surface area contributed by atoms with Crippen LogP contribution in [0.5, 0.6) is 0 Å². The van der Waals surface area contributed by atoms with Gasteiger partial charge in [-0.25, -0.2) is 0 Å². The van der Waals surface area contributed by atoms with E-state index in [2.05, 4.69) is 83.8 Å². The lowest BCUT2D eigenvalue weighted by molar-refractivity contribution is 0.960. The first kappa shape index (κ1) is 18.2. The molecule has 0 unspecified atom stereocenters. The Kier molecular flexibility index (Phi) is 3.27. The van der Waals surface area contributed by atoms with E-state index in [0.717, 1.165) is 25.7 Å². The standard InChI is InChI=1S/C33H22N2/c1-3-7-25-19(5-1)15-21-11-12-29-27(30(21)25)17-24-13-14-34-28-18-23-10-9-22-16-20-6-2-4-8-26(20)31(22)33(23)35(29)32(24)28/h1-14H,15-18H2. The van der Waals surface area contributed by atoms with Gasteiger partial charge in [0.15, 0.2) is 0 Å². The van der Waals surface area contributed by atoms with Crippen LogP contribution in [0.25, 0.3) is 22.3 Å². The van der Waals surface area contributed by atoms with E-state index >= 15 is 0 Å². The molecule has 0 fully saturated rings. The number of rotatable bonds is 0. The van der Waals surface area contributed by atoms with E-state index < -0.39 is 0 Å². The van der Waals surface area contributed by atoms with Crippen molar-refractivity contribution in [1.82, 2.24) is 4.98 Å². The molecule has 2 nitrogen and oxygen atoms in total. The molecule has 3 heterocycles. The van der Waals surface area contributed by atoms with Gasteiger partial charge < -0.3 is 4.90 Å². The monoisotopic (exact) mass is 446 g/mol. The summed E-state index contributed by atoms with van der Waals surface area (Å²) in [6, 6.07) is 29.6. The fourth-order valence-electron chi connectivity index (χ4n) is 7.14. The summed E-state index contributed by atoms with van der Waals surface area (Å²) in [5, 5.41) is 0. The van der Waals surface area contributed by atoms with Gasteiger partial charge in [-0.1, -0.05) is 66.7 Å². The second kappa shape index (κ2) is 6.28. The lowest BCUT2D eigenvalue weighted by atomic mass is 9.84. The minimum Gasteiger partial charge on any atom is -0.307 e. The quantitative estimate of drug-likeness (QED) is 0.240. The van der Waals surface area contributed by atoms with Gasteiger partial charge in [0.1, 0.15) is 0 Å². The average molecular weight is 447 g/mol. The lowest BCUT2D eigenvalue weighted by Gasteiger charge is -2.40. The molecule has 2 aliphatic carbocycles. The molecular formula is C33H22N2. The van der Waals surface area contributed by atoms with Crippen molar-refractivity contribution < 1.29 is 0 Å². The Morgan fingerprint density at radius 3 is 2.00 bits per heavy atom. The molecule has 164 valence electrons. The van der Waals surface area contributed by atoms with Gasteiger partial charge in [0.05, 0.1) is 22.8 Å². The number of fused-ring (bicyclic) bond motifs is 12. The molecule has 0 radical (unpaired) electrons. The van der Waals surface area contributed by atoms with Gasteiger partial charge >= 0.3 is 0 Å². The first-order valence-electron chi connectivity index (χ1n) is 12.6. The number of nitrogens with zero attached hydrogens (tertiary/aromatic N) is 2. The Morgan fingerprint density at radius 2 is 1.17 bits per heavy atom. The van der Waals surface area contributed by atoms with Crippen LogP contribution >= 0.6 is 0 Å². The van der Waals surface area contributed by atoms with Gasteiger partial charge in [-0.3, -0.25) is 4.98 Å². The molecule has 4 aromatic carbocycles. The Bertz CT molecular complexity index is 1760. The Balaban J connectivity index is 1.38. The molecule has 4 aliphatic rings. The number of hydrogen-bond acceptors (Lipinski definition) is 2. The zero-order valence-electron chi connectivity index (χ0n) is 19.3. The maximum atomic E-state index is 4.89. The molecule has 2 heteroatoms. The molecule has 2 aliphatic heterocycles. The molecule has 0 N–H and O–H groups in total. The van der Waals surface area contributed by atoms with Gasteiger partial charge in [0, 0.05) is 24.6 Å². The summed E-state index contributed by atoms with van der Waals surface area (Å²) < 4.78 is 0. The smallest absolute Gasteiger partial charge is 0.0716 e. The Morgan fingerprint density at radius 1 is 0.514 bits per heavy atom. The van der Waals surface area contributed by atoms with E-state index in [1.165, 1.54) is 84.0 Å². The fourth-order valence-corrected chi connectivity index (χ4v) is 7.14. The second-order valence-electron chi connectivity index (χ2n) is 10.3. The van der Waals surface area contributed by atoms with Crippen molar-refractivity contribution in [3.8, 4) is 22.3 Å². The highest BCUT2D eigenvalue weighted by Crippen LogP contribution is 2.57. The minimum atomic E-state index is 0.896. The molecule has 0 spiro atoms. The molecule has 0 amide bonds. The van der Waals surface area contributed by atoms with Gasteiger partial charge in [-0.05, 0) is 80.6 Å². The third-order valence-electron chi connectivity index (χ3n) is 8.55. The molecule has 5 aromatic rings. The van der Waals surface area contributed by atoms with Gasteiger partial charge in [-0.2, -0.15) is 0 Å². The van der Waals surface area contributed by atoms with Gasteiger partial charge in [0.25, 0.3) is 0 Å². The molecule has 0 saturated heterocycles. The summed E-state index contributed by atoms with van der Waals surface area (Å²) >= 11 is 0. The van der Waals surface area contributed by atoms with E-state index in [0.29, 0.717) is 0 Å². The maximum absolute atomic E-state index is 4.89. The maximum Gasteiger partial charge on any atom is 0.0716 e. The van der Waals surface area contributed by atoms with Crippen molar-refractivity contribution in [1.29, 1.82) is 0 Å². The summed E-state index contributed by atoms with van der Waals surface area (Å²) in [5.74, 6) is 0. The summed E-state index contributed by atoms with van der Waals surface area (Å²) in [6.45, 7) is 0. The SMILES string of the molecule is c1ccc2c(c1)Cc1ccc3c(c1-2)Cc1ccnc2c1N3c1c(ccc3c1-c1ccccc1C3)C2. The third kappa shape index (κ3) is 2.23. The Hall–Kier alpha value is -4.17. The molecule has 0 atom stereocenters. The highest BCUT2D eigenvalue weighted by molar-refractivity contribution is 6.00. The number of aromatic nitrogens is 1. The van der Waals surface area contributed by atoms with Crippen LogP contribution in [0.15, 0.2) is 85.1 Å². The van der Waals surface area contributed by atoms with Crippen molar-refractivity contribution in [2.24, 2.45) is 0 Å². The largest absolute Gasteiger partial charge is 0.307 e. The van der Waals surface area contributed by atoms with E-state index in [-0.39, 0.29) is 0 Å². The fraction of sp³-hybridized carbons (Fsp3) is 0.121. The van der Waals surface area contributed by atoms with Crippen molar-refractivity contribution in [3.63, 3.8) is 0 Å². The van der Waals surface area contributed by atoms with Crippen LogP contribution in [0.1, 0.15) is 44.6 Å². The van der Waals surface area contributed by atoms with Crippen molar-refractivity contribution in [2.75, 3.05) is 4.90 Å². The van der Waals surface area contributed by atoms with Crippen LogP contribution in [-0.4, -0.2) is 4.98 Å². The predicted octanol–water partition coefficient (Wildman–Crippen LogP) is 7.50. The third-order valence-corrected chi connectivity index (χ3v) is 8.55. The first-order chi connectivity index (χ1) is 17.3. The van der Waals surface area contributed by atoms with E-state index in [9.17, 15) is 0 Å². The Labute approximate surface area is 204 Å². The van der Waals surface area contributed by atoms with Crippen LogP contribution < -0.4 is 4.90 Å². The normalized spacial score (nSPS) is 14.9.